The number of alkyl carbamates (subject to hydrolysis) is 1. The number of nitrogens with one attached hydrogen (secondary N) is 1. The second kappa shape index (κ2) is 6.46. The van der Waals surface area contributed by atoms with Gasteiger partial charge in [0.15, 0.2) is 5.82 Å². The SMILES string of the molecule is CC1=C(c2nc(C)no2)N2C(=O)[C@@H](NC(=O)OCC(C)C)[C@H]2SC1. The molecule has 1 aromatic rings. The van der Waals surface area contributed by atoms with E-state index in [0.29, 0.717) is 24.0 Å². The zero-order valence-electron chi connectivity index (χ0n) is 14.0. The molecule has 0 bridgehead atoms. The van der Waals surface area contributed by atoms with Crippen LogP contribution in [0.25, 0.3) is 5.70 Å². The van der Waals surface area contributed by atoms with Gasteiger partial charge < -0.3 is 14.6 Å². The number of fused-ring (bicyclic) bond motifs is 1. The van der Waals surface area contributed by atoms with Gasteiger partial charge in [-0.2, -0.15) is 4.98 Å². The fourth-order valence-corrected chi connectivity index (χ4v) is 3.87. The highest BCUT2D eigenvalue weighted by Gasteiger charge is 2.53. The molecule has 0 radical (unpaired) electrons. The van der Waals surface area contributed by atoms with Gasteiger partial charge in [-0.1, -0.05) is 19.0 Å². The van der Waals surface area contributed by atoms with Crippen LogP contribution in [-0.2, 0) is 9.53 Å². The molecule has 1 saturated heterocycles. The molecule has 9 heteroatoms. The molecule has 0 unspecified atom stereocenters. The van der Waals surface area contributed by atoms with Crippen molar-refractivity contribution in [1.82, 2.24) is 20.4 Å². The number of hydrogen-bond donors (Lipinski definition) is 1. The van der Waals surface area contributed by atoms with E-state index in [9.17, 15) is 9.59 Å². The minimum atomic E-state index is -0.596. The van der Waals surface area contributed by atoms with Gasteiger partial charge in [-0.3, -0.25) is 9.69 Å². The summed E-state index contributed by atoms with van der Waals surface area (Å²) in [6.45, 7) is 7.88. The molecule has 2 aliphatic rings. The van der Waals surface area contributed by atoms with Crippen LogP contribution >= 0.6 is 11.8 Å². The van der Waals surface area contributed by atoms with E-state index >= 15 is 0 Å². The van der Waals surface area contributed by atoms with Crippen LogP contribution in [-0.4, -0.2) is 50.8 Å². The van der Waals surface area contributed by atoms with Gasteiger partial charge in [0.1, 0.15) is 17.1 Å². The van der Waals surface area contributed by atoms with Crippen LogP contribution in [0.4, 0.5) is 4.79 Å². The molecule has 0 saturated carbocycles. The van der Waals surface area contributed by atoms with Gasteiger partial charge in [0, 0.05) is 5.75 Å². The zero-order valence-corrected chi connectivity index (χ0v) is 14.8. The van der Waals surface area contributed by atoms with E-state index in [0.717, 1.165) is 11.3 Å². The lowest BCUT2D eigenvalue weighted by Crippen LogP contribution is -2.69. The van der Waals surface area contributed by atoms with Crippen molar-refractivity contribution in [2.24, 2.45) is 5.92 Å². The van der Waals surface area contributed by atoms with Crippen LogP contribution in [0, 0.1) is 12.8 Å². The summed E-state index contributed by atoms with van der Waals surface area (Å²) in [7, 11) is 0. The standard InChI is InChI=1S/C15H20N4O4S/c1-7(2)5-22-15(21)17-10-13(20)19-11(8(3)6-24-14(10)19)12-16-9(4)18-23-12/h7,10,14H,5-6H2,1-4H3,(H,17,21)/t10-,14-/m1/s1. The predicted octanol–water partition coefficient (Wildman–Crippen LogP) is 1.77. The molecule has 0 spiro atoms. The van der Waals surface area contributed by atoms with Crippen molar-refractivity contribution in [2.75, 3.05) is 12.4 Å². The zero-order chi connectivity index (χ0) is 17.4. The molecule has 24 heavy (non-hydrogen) atoms. The number of thioether (sulfide) groups is 1. The third-order valence-electron chi connectivity index (χ3n) is 3.71. The number of β-lactam (4-membered cyclic amide) rings is 1. The molecule has 3 heterocycles. The Bertz CT molecular complexity index is 699. The predicted molar refractivity (Wildman–Crippen MR) is 87.8 cm³/mol. The summed E-state index contributed by atoms with van der Waals surface area (Å²) in [5, 5.41) is 6.25. The Labute approximate surface area is 144 Å². The van der Waals surface area contributed by atoms with E-state index in [2.05, 4.69) is 15.5 Å². The van der Waals surface area contributed by atoms with Crippen molar-refractivity contribution < 1.29 is 18.8 Å². The summed E-state index contributed by atoms with van der Waals surface area (Å²) in [4.78, 5) is 30.2. The smallest absolute Gasteiger partial charge is 0.407 e. The fourth-order valence-electron chi connectivity index (χ4n) is 2.58. The van der Waals surface area contributed by atoms with Crippen LogP contribution in [0.15, 0.2) is 10.1 Å². The van der Waals surface area contributed by atoms with Gasteiger partial charge in [0.25, 0.3) is 11.8 Å². The minimum Gasteiger partial charge on any atom is -0.449 e. The summed E-state index contributed by atoms with van der Waals surface area (Å²) in [6, 6.07) is -0.596. The number of amides is 2. The van der Waals surface area contributed by atoms with E-state index in [4.69, 9.17) is 9.26 Å². The summed E-state index contributed by atoms with van der Waals surface area (Å²) in [6.07, 6.45) is -0.566. The molecule has 2 aliphatic heterocycles. The molecular formula is C15H20N4O4S. The average Bonchev–Trinajstić information content (AvgIpc) is 2.96. The third-order valence-corrected chi connectivity index (χ3v) is 5.13. The second-order valence-corrected chi connectivity index (χ2v) is 7.40. The van der Waals surface area contributed by atoms with Gasteiger partial charge in [-0.15, -0.1) is 11.8 Å². The van der Waals surface area contributed by atoms with E-state index in [1.54, 1.807) is 23.6 Å². The Morgan fingerprint density at radius 2 is 2.25 bits per heavy atom. The summed E-state index contributed by atoms with van der Waals surface area (Å²) in [5.41, 5.74) is 1.65. The molecule has 2 atom stereocenters. The van der Waals surface area contributed by atoms with Crippen molar-refractivity contribution in [3.8, 4) is 0 Å². The van der Waals surface area contributed by atoms with Crippen LogP contribution in [0.3, 0.4) is 0 Å². The molecule has 2 amide bonds. The maximum atomic E-state index is 12.5. The van der Waals surface area contributed by atoms with Crippen molar-refractivity contribution in [2.45, 2.75) is 39.1 Å². The monoisotopic (exact) mass is 352 g/mol. The normalized spacial score (nSPS) is 23.2. The van der Waals surface area contributed by atoms with E-state index in [1.165, 1.54) is 0 Å². The topological polar surface area (TPSA) is 97.6 Å². The number of hydrogen-bond acceptors (Lipinski definition) is 7. The van der Waals surface area contributed by atoms with Crippen molar-refractivity contribution >= 4 is 29.5 Å². The van der Waals surface area contributed by atoms with Crippen molar-refractivity contribution in [3.63, 3.8) is 0 Å². The molecule has 1 fully saturated rings. The third kappa shape index (κ3) is 3.00. The molecule has 1 aromatic heterocycles. The first-order valence-electron chi connectivity index (χ1n) is 7.77. The Balaban J connectivity index is 1.71. The number of nitrogens with zero attached hydrogens (tertiary/aromatic N) is 3. The van der Waals surface area contributed by atoms with E-state index in [-0.39, 0.29) is 17.2 Å². The van der Waals surface area contributed by atoms with Crippen LogP contribution in [0.1, 0.15) is 32.5 Å². The van der Waals surface area contributed by atoms with E-state index < -0.39 is 12.1 Å². The maximum absolute atomic E-state index is 12.5. The lowest BCUT2D eigenvalue weighted by Gasteiger charge is -2.49. The molecule has 0 aliphatic carbocycles. The van der Waals surface area contributed by atoms with Crippen LogP contribution in [0.5, 0.6) is 0 Å². The second-order valence-electron chi connectivity index (χ2n) is 6.30. The molecule has 0 aromatic carbocycles. The van der Waals surface area contributed by atoms with Crippen molar-refractivity contribution in [1.29, 1.82) is 0 Å². The fraction of sp³-hybridized carbons (Fsp3) is 0.600. The Kier molecular flexibility index (Phi) is 4.53. The highest BCUT2D eigenvalue weighted by Crippen LogP contribution is 2.43. The Morgan fingerprint density at radius 3 is 2.88 bits per heavy atom. The first-order valence-corrected chi connectivity index (χ1v) is 8.81. The highest BCUT2D eigenvalue weighted by molar-refractivity contribution is 8.00. The lowest BCUT2D eigenvalue weighted by molar-refractivity contribution is -0.140. The number of aryl methyl sites for hydroxylation is 1. The van der Waals surface area contributed by atoms with Crippen LogP contribution in [0.2, 0.25) is 0 Å². The number of carbonyl (C=O) groups is 2. The van der Waals surface area contributed by atoms with Gasteiger partial charge >= 0.3 is 6.09 Å². The molecule has 8 nitrogen and oxygen atoms in total. The van der Waals surface area contributed by atoms with Gasteiger partial charge in [0.05, 0.1) is 6.61 Å². The van der Waals surface area contributed by atoms with E-state index in [1.807, 2.05) is 20.8 Å². The summed E-state index contributed by atoms with van der Waals surface area (Å²) in [5.74, 6) is 1.62. The molecule has 1 N–H and O–H groups in total. The quantitative estimate of drug-likeness (QED) is 0.825. The molecular weight excluding hydrogens is 332 g/mol. The summed E-state index contributed by atoms with van der Waals surface area (Å²) < 4.78 is 10.3. The number of carbonyl (C=O) groups excluding carboxylic acids is 2. The van der Waals surface area contributed by atoms with Gasteiger partial charge in [-0.25, -0.2) is 4.79 Å². The first-order chi connectivity index (χ1) is 11.4. The molecule has 130 valence electrons. The lowest BCUT2D eigenvalue weighted by atomic mass is 10.0. The summed E-state index contributed by atoms with van der Waals surface area (Å²) >= 11 is 1.59. The van der Waals surface area contributed by atoms with Crippen LogP contribution < -0.4 is 5.32 Å². The number of ether oxygens (including phenoxy) is 1. The Morgan fingerprint density at radius 1 is 1.50 bits per heavy atom. The van der Waals surface area contributed by atoms with Gasteiger partial charge in [0.2, 0.25) is 0 Å². The highest BCUT2D eigenvalue weighted by atomic mass is 32.2. The number of aromatic nitrogens is 2. The first kappa shape index (κ1) is 16.8. The minimum absolute atomic E-state index is 0.185. The van der Waals surface area contributed by atoms with Gasteiger partial charge in [-0.05, 0) is 25.3 Å². The van der Waals surface area contributed by atoms with Crippen molar-refractivity contribution in [3.05, 3.63) is 17.3 Å². The largest absolute Gasteiger partial charge is 0.449 e. The average molecular weight is 352 g/mol. The Hall–Kier alpha value is -2.03. The number of rotatable bonds is 4. The maximum Gasteiger partial charge on any atom is 0.407 e. The molecule has 3 rings (SSSR count).